The fourth-order valence-electron chi connectivity index (χ4n) is 3.02. The van der Waals surface area contributed by atoms with Gasteiger partial charge in [-0.3, -0.25) is 14.4 Å². The molecule has 1 heterocycles. The van der Waals surface area contributed by atoms with Gasteiger partial charge in [0.15, 0.2) is 6.61 Å². The molecule has 7 nitrogen and oxygen atoms in total. The van der Waals surface area contributed by atoms with Crippen LogP contribution in [0.15, 0.2) is 11.1 Å². The molecular formula is C20H19ClFNO6S. The van der Waals surface area contributed by atoms with Crippen molar-refractivity contribution in [3.63, 3.8) is 0 Å². The van der Waals surface area contributed by atoms with Crippen LogP contribution >= 0.6 is 22.9 Å². The summed E-state index contributed by atoms with van der Waals surface area (Å²) >= 11 is 6.74. The molecule has 10 heteroatoms. The molecule has 0 unspecified atom stereocenters. The average Bonchev–Trinajstić information content (AvgIpc) is 2.99. The number of esters is 2. The molecule has 2 rings (SSSR count). The zero-order chi connectivity index (χ0) is 22.4. The van der Waals surface area contributed by atoms with Crippen LogP contribution in [0, 0.1) is 17.5 Å². The van der Waals surface area contributed by atoms with E-state index in [9.17, 15) is 23.6 Å². The molecule has 160 valence electrons. The molecule has 1 aliphatic rings. The smallest absolute Gasteiger partial charge is 0.335 e. The molecule has 0 atom stereocenters. The van der Waals surface area contributed by atoms with Crippen LogP contribution in [0.2, 0.25) is 5.02 Å². The van der Waals surface area contributed by atoms with E-state index in [2.05, 4.69) is 10.7 Å². The minimum Gasteiger partial charge on any atom is -0.469 e. The van der Waals surface area contributed by atoms with Crippen LogP contribution in [0.25, 0.3) is 0 Å². The van der Waals surface area contributed by atoms with E-state index in [1.54, 1.807) is 0 Å². The molecule has 0 radical (unpaired) electrons. The monoisotopic (exact) mass is 455 g/mol. The van der Waals surface area contributed by atoms with Gasteiger partial charge in [-0.1, -0.05) is 17.5 Å². The van der Waals surface area contributed by atoms with Crippen molar-refractivity contribution in [1.82, 2.24) is 0 Å². The molecule has 0 N–H and O–H groups in total. The zero-order valence-electron chi connectivity index (χ0n) is 16.4. The van der Waals surface area contributed by atoms with E-state index in [1.807, 2.05) is 0 Å². The van der Waals surface area contributed by atoms with Gasteiger partial charge in [0.2, 0.25) is 11.0 Å². The summed E-state index contributed by atoms with van der Waals surface area (Å²) < 4.78 is 24.2. The van der Waals surface area contributed by atoms with E-state index in [0.29, 0.717) is 29.1 Å². The highest BCUT2D eigenvalue weighted by Gasteiger charge is 2.35. The predicted octanol–water partition coefficient (Wildman–Crippen LogP) is 3.18. The number of hydrogen-bond acceptors (Lipinski definition) is 7. The molecule has 0 saturated carbocycles. The minimum atomic E-state index is -0.907. The number of carbonyl (C=O) groups is 4. The van der Waals surface area contributed by atoms with Crippen molar-refractivity contribution in [3.05, 3.63) is 26.2 Å². The van der Waals surface area contributed by atoms with Crippen molar-refractivity contribution in [3.8, 4) is 12.3 Å². The standard InChI is InChI=1S/C20H19ClFNO6S/c1-4-9-29-20(27)13-8-6-5-7-12(13)19(26)23(11(2)24)17-16(21)14(30-18(17)22)10-15(25)28-3/h1H,5-10H2,2-3H3. The Kier molecular flexibility index (Phi) is 8.15. The van der Waals surface area contributed by atoms with Crippen molar-refractivity contribution < 1.29 is 33.0 Å². The average molecular weight is 456 g/mol. The number of terminal acetylenes is 1. The van der Waals surface area contributed by atoms with Gasteiger partial charge in [0.05, 0.1) is 18.6 Å². The maximum absolute atomic E-state index is 14.7. The van der Waals surface area contributed by atoms with Crippen LogP contribution in [0.1, 0.15) is 37.5 Å². The number of methoxy groups -OCH3 is 1. The number of nitrogens with zero attached hydrogens (tertiary/aromatic N) is 1. The van der Waals surface area contributed by atoms with Gasteiger partial charge in [-0.25, -0.2) is 9.69 Å². The highest BCUT2D eigenvalue weighted by atomic mass is 35.5. The number of rotatable bonds is 6. The second-order valence-electron chi connectivity index (χ2n) is 6.32. The first-order valence-electron chi connectivity index (χ1n) is 8.94. The number of ether oxygens (including phenoxy) is 2. The van der Waals surface area contributed by atoms with Gasteiger partial charge in [0.25, 0.3) is 5.91 Å². The molecule has 0 spiro atoms. The highest BCUT2D eigenvalue weighted by molar-refractivity contribution is 7.11. The van der Waals surface area contributed by atoms with Gasteiger partial charge >= 0.3 is 11.9 Å². The van der Waals surface area contributed by atoms with Crippen molar-refractivity contribution in [1.29, 1.82) is 0 Å². The predicted molar refractivity (Wildman–Crippen MR) is 108 cm³/mol. The molecule has 0 aliphatic heterocycles. The third kappa shape index (κ3) is 5.07. The Morgan fingerprint density at radius 1 is 1.23 bits per heavy atom. The molecular weight excluding hydrogens is 437 g/mol. The quantitative estimate of drug-likeness (QED) is 0.483. The Labute approximate surface area is 181 Å². The number of amides is 2. The number of imide groups is 1. The van der Waals surface area contributed by atoms with Crippen LogP contribution in [0.5, 0.6) is 0 Å². The normalized spacial score (nSPS) is 13.4. The summed E-state index contributed by atoms with van der Waals surface area (Å²) in [5.74, 6) is -0.890. The Hall–Kier alpha value is -2.70. The topological polar surface area (TPSA) is 90.0 Å². The van der Waals surface area contributed by atoms with E-state index in [1.165, 1.54) is 7.11 Å². The lowest BCUT2D eigenvalue weighted by Gasteiger charge is -2.24. The first kappa shape index (κ1) is 23.6. The largest absolute Gasteiger partial charge is 0.469 e. The Balaban J connectivity index is 2.50. The number of thiophene rings is 1. The van der Waals surface area contributed by atoms with Gasteiger partial charge in [-0.05, 0) is 25.7 Å². The molecule has 1 aliphatic carbocycles. The summed E-state index contributed by atoms with van der Waals surface area (Å²) in [4.78, 5) is 50.0. The molecule has 0 fully saturated rings. The van der Waals surface area contributed by atoms with Gasteiger partial charge in [-0.2, -0.15) is 4.39 Å². The van der Waals surface area contributed by atoms with E-state index in [-0.39, 0.29) is 46.9 Å². The number of halogens is 2. The zero-order valence-corrected chi connectivity index (χ0v) is 18.0. The van der Waals surface area contributed by atoms with E-state index >= 15 is 0 Å². The summed E-state index contributed by atoms with van der Waals surface area (Å²) in [5, 5.41) is -1.14. The molecule has 2 amide bonds. The van der Waals surface area contributed by atoms with Gasteiger partial charge in [-0.15, -0.1) is 17.8 Å². The Morgan fingerprint density at radius 2 is 1.87 bits per heavy atom. The summed E-state index contributed by atoms with van der Waals surface area (Å²) in [7, 11) is 1.17. The first-order valence-corrected chi connectivity index (χ1v) is 10.1. The van der Waals surface area contributed by atoms with Crippen LogP contribution in [-0.4, -0.2) is 37.5 Å². The maximum atomic E-state index is 14.7. The molecule has 1 aromatic heterocycles. The molecule has 0 saturated heterocycles. The number of anilines is 1. The van der Waals surface area contributed by atoms with E-state index < -0.39 is 34.6 Å². The van der Waals surface area contributed by atoms with Gasteiger partial charge in [0, 0.05) is 22.9 Å². The Morgan fingerprint density at radius 3 is 2.43 bits per heavy atom. The summed E-state index contributed by atoms with van der Waals surface area (Å²) in [6.45, 7) is 0.813. The first-order chi connectivity index (χ1) is 14.2. The molecule has 0 bridgehead atoms. The lowest BCUT2D eigenvalue weighted by atomic mass is 9.90. The number of carbonyl (C=O) groups excluding carboxylic acids is 4. The van der Waals surface area contributed by atoms with Crippen molar-refractivity contribution in [2.24, 2.45) is 0 Å². The lowest BCUT2D eigenvalue weighted by molar-refractivity contribution is -0.140. The van der Waals surface area contributed by atoms with E-state index in [0.717, 1.165) is 6.92 Å². The molecule has 1 aromatic rings. The highest BCUT2D eigenvalue weighted by Crippen LogP contribution is 2.41. The van der Waals surface area contributed by atoms with Crippen LogP contribution < -0.4 is 4.90 Å². The van der Waals surface area contributed by atoms with Crippen LogP contribution in [-0.2, 0) is 35.1 Å². The van der Waals surface area contributed by atoms with Gasteiger partial charge < -0.3 is 9.47 Å². The second kappa shape index (κ2) is 10.4. The third-order valence-electron chi connectivity index (χ3n) is 4.38. The fraction of sp³-hybridized carbons (Fsp3) is 0.400. The van der Waals surface area contributed by atoms with Gasteiger partial charge in [0.1, 0.15) is 5.69 Å². The molecule has 30 heavy (non-hydrogen) atoms. The molecule has 0 aromatic carbocycles. The summed E-state index contributed by atoms with van der Waals surface area (Å²) in [5.41, 5.74) is -0.295. The Bertz CT molecular complexity index is 961. The fourth-order valence-corrected chi connectivity index (χ4v) is 4.31. The van der Waals surface area contributed by atoms with Crippen LogP contribution in [0.4, 0.5) is 10.1 Å². The SMILES string of the molecule is C#CCOC(=O)C1=C(C(=O)N(C(C)=O)c2c(F)sc(CC(=O)OC)c2Cl)CCCC1. The number of hydrogen-bond donors (Lipinski definition) is 0. The lowest BCUT2D eigenvalue weighted by Crippen LogP contribution is -2.38. The minimum absolute atomic E-state index is 0.0506. The van der Waals surface area contributed by atoms with Crippen molar-refractivity contribution >= 4 is 52.4 Å². The summed E-state index contributed by atoms with van der Waals surface area (Å²) in [6.07, 6.45) is 6.51. The third-order valence-corrected chi connectivity index (χ3v) is 5.87. The van der Waals surface area contributed by atoms with Crippen LogP contribution in [0.3, 0.4) is 0 Å². The van der Waals surface area contributed by atoms with Crippen molar-refractivity contribution in [2.45, 2.75) is 39.0 Å². The van der Waals surface area contributed by atoms with E-state index in [4.69, 9.17) is 22.8 Å². The second-order valence-corrected chi connectivity index (χ2v) is 7.75. The van der Waals surface area contributed by atoms with Crippen molar-refractivity contribution in [2.75, 3.05) is 18.6 Å². The maximum Gasteiger partial charge on any atom is 0.335 e. The summed E-state index contributed by atoms with van der Waals surface area (Å²) in [6, 6.07) is 0.